The largest absolute Gasteiger partial charge is 0.478 e. The van der Waals surface area contributed by atoms with E-state index in [4.69, 9.17) is 21.1 Å². The monoisotopic (exact) mass is 279 g/mol. The summed E-state index contributed by atoms with van der Waals surface area (Å²) >= 11 is 6.10. The van der Waals surface area contributed by atoms with E-state index in [1.807, 2.05) is 31.2 Å². The van der Waals surface area contributed by atoms with Crippen molar-refractivity contribution in [3.63, 3.8) is 0 Å². The van der Waals surface area contributed by atoms with Gasteiger partial charge in [-0.1, -0.05) is 29.8 Å². The normalized spacial score (nSPS) is 12.3. The molecular formula is C14H14ClNO3. The fourth-order valence-electron chi connectivity index (χ4n) is 1.85. The average Bonchev–Trinajstić information content (AvgIpc) is 2.85. The van der Waals surface area contributed by atoms with Gasteiger partial charge in [0.25, 0.3) is 0 Å². The lowest BCUT2D eigenvalue weighted by Crippen LogP contribution is -2.19. The predicted octanol–water partition coefficient (Wildman–Crippen LogP) is 3.48. The van der Waals surface area contributed by atoms with Crippen LogP contribution in [0.25, 0.3) is 0 Å². The molecule has 5 heteroatoms. The second-order valence-electron chi connectivity index (χ2n) is 4.19. The van der Waals surface area contributed by atoms with E-state index in [0.29, 0.717) is 17.3 Å². The minimum Gasteiger partial charge on any atom is -0.478 e. The van der Waals surface area contributed by atoms with Crippen molar-refractivity contribution in [2.24, 2.45) is 0 Å². The van der Waals surface area contributed by atoms with Crippen LogP contribution in [0.5, 0.6) is 0 Å². The number of hydrogen-bond acceptors (Lipinski definition) is 3. The molecule has 0 unspecified atom stereocenters. The first-order chi connectivity index (χ1) is 9.09. The summed E-state index contributed by atoms with van der Waals surface area (Å²) in [6.45, 7) is 2.30. The third kappa shape index (κ3) is 3.16. The Morgan fingerprint density at radius 1 is 1.42 bits per heavy atom. The highest BCUT2D eigenvalue weighted by molar-refractivity contribution is 6.31. The quantitative estimate of drug-likeness (QED) is 0.879. The number of halogens is 1. The van der Waals surface area contributed by atoms with E-state index >= 15 is 0 Å². The maximum atomic E-state index is 10.9. The lowest BCUT2D eigenvalue weighted by Gasteiger charge is -2.15. The van der Waals surface area contributed by atoms with Gasteiger partial charge in [0.2, 0.25) is 0 Å². The lowest BCUT2D eigenvalue weighted by atomic mass is 10.1. The molecule has 0 bridgehead atoms. The molecule has 2 aromatic rings. The molecule has 2 rings (SSSR count). The van der Waals surface area contributed by atoms with Gasteiger partial charge < -0.3 is 14.8 Å². The fraction of sp³-hybridized carbons (Fsp3) is 0.214. The molecule has 0 saturated carbocycles. The first kappa shape index (κ1) is 13.6. The van der Waals surface area contributed by atoms with Gasteiger partial charge in [0.1, 0.15) is 11.3 Å². The zero-order chi connectivity index (χ0) is 13.8. The van der Waals surface area contributed by atoms with Gasteiger partial charge in [-0.25, -0.2) is 4.79 Å². The number of carbonyl (C=O) groups is 1. The number of carboxylic acid groups (broad SMARTS) is 1. The molecular weight excluding hydrogens is 266 g/mol. The molecule has 0 aliphatic heterocycles. The smallest absolute Gasteiger partial charge is 0.339 e. The van der Waals surface area contributed by atoms with Crippen LogP contribution in [0, 0.1) is 0 Å². The van der Waals surface area contributed by atoms with Gasteiger partial charge in [-0.2, -0.15) is 0 Å². The van der Waals surface area contributed by atoms with Crippen molar-refractivity contribution in [3.8, 4) is 0 Å². The van der Waals surface area contributed by atoms with Crippen LogP contribution in [-0.4, -0.2) is 11.1 Å². The number of nitrogens with one attached hydrogen (secondary N) is 1. The highest BCUT2D eigenvalue weighted by Gasteiger charge is 2.15. The van der Waals surface area contributed by atoms with Crippen molar-refractivity contribution in [1.82, 2.24) is 5.32 Å². The van der Waals surface area contributed by atoms with Gasteiger partial charge >= 0.3 is 5.97 Å². The first-order valence-electron chi connectivity index (χ1n) is 5.87. The summed E-state index contributed by atoms with van der Waals surface area (Å²) in [5.41, 5.74) is 1.14. The van der Waals surface area contributed by atoms with Crippen LogP contribution in [0.15, 0.2) is 41.0 Å². The van der Waals surface area contributed by atoms with Crippen LogP contribution in [0.4, 0.5) is 0 Å². The standard InChI is InChI=1S/C14H14ClNO3/c1-9(10-4-2-3-5-12(10)15)16-8-13-11(14(17)18)6-7-19-13/h2-7,9,16H,8H2,1H3,(H,17,18)/t9-/m1/s1. The molecule has 0 spiro atoms. The SMILES string of the molecule is C[C@@H](NCc1occc1C(=O)O)c1ccccc1Cl. The fourth-order valence-corrected chi connectivity index (χ4v) is 2.15. The van der Waals surface area contributed by atoms with Crippen molar-refractivity contribution >= 4 is 17.6 Å². The van der Waals surface area contributed by atoms with Crippen molar-refractivity contribution in [2.45, 2.75) is 19.5 Å². The molecule has 100 valence electrons. The number of hydrogen-bond donors (Lipinski definition) is 2. The molecule has 1 atom stereocenters. The van der Waals surface area contributed by atoms with E-state index in [1.54, 1.807) is 0 Å². The summed E-state index contributed by atoms with van der Waals surface area (Å²) in [6, 6.07) is 8.98. The molecule has 0 fully saturated rings. The Hall–Kier alpha value is -1.78. The number of benzene rings is 1. The first-order valence-corrected chi connectivity index (χ1v) is 6.25. The lowest BCUT2D eigenvalue weighted by molar-refractivity contribution is 0.0694. The van der Waals surface area contributed by atoms with E-state index in [9.17, 15) is 4.79 Å². The Bertz CT molecular complexity index is 580. The maximum absolute atomic E-state index is 10.9. The third-order valence-electron chi connectivity index (χ3n) is 2.92. The van der Waals surface area contributed by atoms with Crippen LogP contribution < -0.4 is 5.32 Å². The highest BCUT2D eigenvalue weighted by atomic mass is 35.5. The molecule has 2 N–H and O–H groups in total. The molecule has 1 heterocycles. The molecule has 0 amide bonds. The average molecular weight is 280 g/mol. The number of furan rings is 1. The van der Waals surface area contributed by atoms with Crippen LogP contribution in [-0.2, 0) is 6.54 Å². The summed E-state index contributed by atoms with van der Waals surface area (Å²) in [6.07, 6.45) is 1.38. The van der Waals surface area contributed by atoms with Crippen LogP contribution in [0.2, 0.25) is 5.02 Å². The van der Waals surface area contributed by atoms with Gasteiger partial charge in [-0.15, -0.1) is 0 Å². The zero-order valence-electron chi connectivity index (χ0n) is 10.4. The highest BCUT2D eigenvalue weighted by Crippen LogP contribution is 2.22. The summed E-state index contributed by atoms with van der Waals surface area (Å²) in [4.78, 5) is 10.9. The van der Waals surface area contributed by atoms with Crippen LogP contribution in [0.1, 0.15) is 34.6 Å². The van der Waals surface area contributed by atoms with Crippen molar-refractivity contribution < 1.29 is 14.3 Å². The van der Waals surface area contributed by atoms with E-state index in [2.05, 4.69) is 5.32 Å². The maximum Gasteiger partial charge on any atom is 0.339 e. The second kappa shape index (κ2) is 5.91. The number of aromatic carboxylic acids is 1. The van der Waals surface area contributed by atoms with Gasteiger partial charge in [-0.3, -0.25) is 0 Å². The minimum atomic E-state index is -0.990. The van der Waals surface area contributed by atoms with E-state index in [-0.39, 0.29) is 11.6 Å². The molecule has 0 aliphatic carbocycles. The van der Waals surface area contributed by atoms with Gasteiger partial charge in [0.05, 0.1) is 12.8 Å². The van der Waals surface area contributed by atoms with E-state index < -0.39 is 5.97 Å². The Morgan fingerprint density at radius 3 is 2.84 bits per heavy atom. The Kier molecular flexibility index (Phi) is 4.24. The van der Waals surface area contributed by atoms with E-state index in [0.717, 1.165) is 5.56 Å². The van der Waals surface area contributed by atoms with Gasteiger partial charge in [0, 0.05) is 11.1 Å². The Balaban J connectivity index is 2.05. The van der Waals surface area contributed by atoms with E-state index in [1.165, 1.54) is 12.3 Å². The topological polar surface area (TPSA) is 62.5 Å². The van der Waals surface area contributed by atoms with Crippen molar-refractivity contribution in [1.29, 1.82) is 0 Å². The van der Waals surface area contributed by atoms with Gasteiger partial charge in [-0.05, 0) is 24.6 Å². The van der Waals surface area contributed by atoms with Gasteiger partial charge in [0.15, 0.2) is 0 Å². The van der Waals surface area contributed by atoms with Crippen molar-refractivity contribution in [3.05, 3.63) is 58.5 Å². The number of carboxylic acids is 1. The molecule has 0 radical (unpaired) electrons. The van der Waals surface area contributed by atoms with Crippen LogP contribution >= 0.6 is 11.6 Å². The molecule has 0 aliphatic rings. The zero-order valence-corrected chi connectivity index (χ0v) is 11.1. The summed E-state index contributed by atoms with van der Waals surface area (Å²) in [5.74, 6) is -0.581. The Morgan fingerprint density at radius 2 is 2.16 bits per heavy atom. The molecule has 4 nitrogen and oxygen atoms in total. The summed E-state index contributed by atoms with van der Waals surface area (Å²) < 4.78 is 5.17. The third-order valence-corrected chi connectivity index (χ3v) is 3.26. The predicted molar refractivity (Wildman–Crippen MR) is 72.4 cm³/mol. The molecule has 19 heavy (non-hydrogen) atoms. The molecule has 1 aromatic heterocycles. The molecule has 0 saturated heterocycles. The molecule has 1 aromatic carbocycles. The summed E-state index contributed by atoms with van der Waals surface area (Å²) in [5, 5.41) is 12.8. The van der Waals surface area contributed by atoms with Crippen molar-refractivity contribution in [2.75, 3.05) is 0 Å². The second-order valence-corrected chi connectivity index (χ2v) is 4.59. The summed E-state index contributed by atoms with van der Waals surface area (Å²) in [7, 11) is 0. The number of rotatable bonds is 5. The minimum absolute atomic E-state index is 0.000412. The Labute approximate surface area is 116 Å². The van der Waals surface area contributed by atoms with Crippen LogP contribution in [0.3, 0.4) is 0 Å².